The molecule has 1 aromatic rings. The van der Waals surface area contributed by atoms with Crippen LogP contribution in [0, 0.1) is 0 Å². The number of hydrogen-bond acceptors (Lipinski definition) is 4. The van der Waals surface area contributed by atoms with Gasteiger partial charge in [-0.25, -0.2) is 0 Å². The van der Waals surface area contributed by atoms with Crippen LogP contribution < -0.4 is 0 Å². The first kappa shape index (κ1) is 13.5. The molecule has 1 atom stereocenters. The van der Waals surface area contributed by atoms with E-state index in [4.69, 9.17) is 9.47 Å². The van der Waals surface area contributed by atoms with E-state index < -0.39 is 17.8 Å². The summed E-state index contributed by atoms with van der Waals surface area (Å²) in [6.07, 6.45) is 1.45. The fourth-order valence-corrected chi connectivity index (χ4v) is 3.05. The first-order valence-corrected chi connectivity index (χ1v) is 7.00. The number of hydrogen-bond donors (Lipinski definition) is 1. The first-order chi connectivity index (χ1) is 9.70. The second-order valence-electron chi connectivity index (χ2n) is 5.30. The molecule has 2 aliphatic heterocycles. The van der Waals surface area contributed by atoms with Gasteiger partial charge in [0.05, 0.1) is 13.2 Å². The van der Waals surface area contributed by atoms with E-state index in [1.165, 1.54) is 0 Å². The largest absolute Gasteiger partial charge is 0.480 e. The number of rotatable bonds is 3. The van der Waals surface area contributed by atoms with Crippen molar-refractivity contribution in [3.8, 4) is 0 Å². The number of likely N-dealkylation sites (tertiary alicyclic amines) is 1. The molecule has 5 nitrogen and oxygen atoms in total. The van der Waals surface area contributed by atoms with Gasteiger partial charge in [-0.1, -0.05) is 30.3 Å². The molecule has 1 N–H and O–H groups in total. The van der Waals surface area contributed by atoms with Crippen LogP contribution in [0.1, 0.15) is 24.4 Å². The molecule has 0 aliphatic carbocycles. The van der Waals surface area contributed by atoms with Crippen LogP contribution in [-0.2, 0) is 14.3 Å². The van der Waals surface area contributed by atoms with E-state index in [9.17, 15) is 9.90 Å². The van der Waals surface area contributed by atoms with Gasteiger partial charge in [0.15, 0.2) is 5.79 Å². The van der Waals surface area contributed by atoms with Gasteiger partial charge in [-0.3, -0.25) is 9.69 Å². The minimum absolute atomic E-state index is 0.462. The van der Waals surface area contributed by atoms with Crippen molar-refractivity contribution in [3.05, 3.63) is 35.9 Å². The van der Waals surface area contributed by atoms with E-state index in [0.717, 1.165) is 18.4 Å². The quantitative estimate of drug-likeness (QED) is 0.910. The monoisotopic (exact) mass is 277 g/mol. The molecule has 0 radical (unpaired) electrons. The molecular weight excluding hydrogens is 258 g/mol. The molecule has 0 bridgehead atoms. The molecule has 2 saturated heterocycles. The van der Waals surface area contributed by atoms with E-state index in [1.807, 2.05) is 35.2 Å². The Bertz CT molecular complexity index is 460. The zero-order valence-corrected chi connectivity index (χ0v) is 11.3. The van der Waals surface area contributed by atoms with Crippen LogP contribution in [0.4, 0.5) is 0 Å². The highest BCUT2D eigenvalue weighted by Gasteiger charge is 2.42. The Morgan fingerprint density at radius 3 is 2.30 bits per heavy atom. The fraction of sp³-hybridized carbons (Fsp3) is 0.533. The minimum atomic E-state index is -0.805. The molecule has 1 aromatic carbocycles. The molecular formula is C15H19NO4. The Hall–Kier alpha value is -1.43. The summed E-state index contributed by atoms with van der Waals surface area (Å²) in [6, 6.07) is 8.79. The summed E-state index contributed by atoms with van der Waals surface area (Å²) in [5, 5.41) is 9.53. The van der Waals surface area contributed by atoms with Gasteiger partial charge in [-0.2, -0.15) is 0 Å². The summed E-state index contributed by atoms with van der Waals surface area (Å²) in [7, 11) is 0. The van der Waals surface area contributed by atoms with Gasteiger partial charge < -0.3 is 14.6 Å². The Morgan fingerprint density at radius 1 is 1.15 bits per heavy atom. The fourth-order valence-electron chi connectivity index (χ4n) is 3.05. The van der Waals surface area contributed by atoms with Crippen LogP contribution in [0.15, 0.2) is 30.3 Å². The maximum atomic E-state index is 11.6. The predicted molar refractivity (Wildman–Crippen MR) is 72.3 cm³/mol. The Labute approximate surface area is 118 Å². The third-order valence-electron chi connectivity index (χ3n) is 4.09. The molecule has 5 heteroatoms. The first-order valence-electron chi connectivity index (χ1n) is 7.00. The third-order valence-corrected chi connectivity index (χ3v) is 4.09. The molecule has 2 aliphatic rings. The lowest BCUT2D eigenvalue weighted by molar-refractivity contribution is -0.190. The average molecular weight is 277 g/mol. The molecule has 0 aromatic heterocycles. The third kappa shape index (κ3) is 2.57. The Balaban J connectivity index is 1.73. The zero-order chi connectivity index (χ0) is 14.0. The minimum Gasteiger partial charge on any atom is -0.480 e. The summed E-state index contributed by atoms with van der Waals surface area (Å²) >= 11 is 0. The second-order valence-corrected chi connectivity index (χ2v) is 5.30. The lowest BCUT2D eigenvalue weighted by Gasteiger charge is -2.40. The smallest absolute Gasteiger partial charge is 0.325 e. The molecule has 108 valence electrons. The Morgan fingerprint density at radius 2 is 1.75 bits per heavy atom. The molecule has 0 amide bonds. The number of benzene rings is 1. The number of nitrogens with zero attached hydrogens (tertiary/aromatic N) is 1. The second kappa shape index (κ2) is 5.52. The normalized spacial score (nSPS) is 23.8. The SMILES string of the molecule is O=C(O)C(c1ccccc1)N1CCC2(CC1)OCCO2. The highest BCUT2D eigenvalue weighted by molar-refractivity contribution is 5.75. The van der Waals surface area contributed by atoms with Gasteiger partial charge in [0.25, 0.3) is 0 Å². The molecule has 1 unspecified atom stereocenters. The van der Waals surface area contributed by atoms with Crippen molar-refractivity contribution in [3.63, 3.8) is 0 Å². The summed E-state index contributed by atoms with van der Waals surface area (Å²) in [5.74, 6) is -1.27. The van der Waals surface area contributed by atoms with Crippen LogP contribution in [-0.4, -0.2) is 48.1 Å². The van der Waals surface area contributed by atoms with Crippen molar-refractivity contribution >= 4 is 5.97 Å². The number of ether oxygens (including phenoxy) is 2. The predicted octanol–water partition coefficient (Wildman–Crippen LogP) is 1.65. The van der Waals surface area contributed by atoms with Gasteiger partial charge in [-0.05, 0) is 5.56 Å². The summed E-state index contributed by atoms with van der Waals surface area (Å²) in [5.41, 5.74) is 0.823. The Kier molecular flexibility index (Phi) is 3.74. The number of piperidine rings is 1. The maximum Gasteiger partial charge on any atom is 0.325 e. The number of carboxylic acids is 1. The standard InChI is InChI=1S/C15H19NO4/c17-14(18)13(12-4-2-1-3-5-12)16-8-6-15(7-9-16)19-10-11-20-15/h1-5,13H,6-11H2,(H,17,18). The lowest BCUT2D eigenvalue weighted by Crippen LogP contribution is -2.47. The number of carbonyl (C=O) groups is 1. The molecule has 0 saturated carbocycles. The van der Waals surface area contributed by atoms with Crippen LogP contribution in [0.5, 0.6) is 0 Å². The van der Waals surface area contributed by atoms with Gasteiger partial charge in [-0.15, -0.1) is 0 Å². The molecule has 20 heavy (non-hydrogen) atoms. The van der Waals surface area contributed by atoms with Crippen molar-refractivity contribution in [2.24, 2.45) is 0 Å². The van der Waals surface area contributed by atoms with Gasteiger partial charge in [0.2, 0.25) is 0 Å². The highest BCUT2D eigenvalue weighted by atomic mass is 16.7. The van der Waals surface area contributed by atoms with Crippen molar-refractivity contribution < 1.29 is 19.4 Å². The lowest BCUT2D eigenvalue weighted by atomic mass is 9.98. The van der Waals surface area contributed by atoms with Crippen LogP contribution in [0.25, 0.3) is 0 Å². The van der Waals surface area contributed by atoms with Gasteiger partial charge in [0.1, 0.15) is 6.04 Å². The van der Waals surface area contributed by atoms with Crippen molar-refractivity contribution in [1.29, 1.82) is 0 Å². The van der Waals surface area contributed by atoms with E-state index in [0.29, 0.717) is 26.3 Å². The van der Waals surface area contributed by atoms with Crippen LogP contribution in [0.2, 0.25) is 0 Å². The van der Waals surface area contributed by atoms with E-state index in [-0.39, 0.29) is 0 Å². The summed E-state index contributed by atoms with van der Waals surface area (Å²) in [4.78, 5) is 13.6. The van der Waals surface area contributed by atoms with Gasteiger partial charge >= 0.3 is 5.97 Å². The topological polar surface area (TPSA) is 59.0 Å². The average Bonchev–Trinajstić information content (AvgIpc) is 2.91. The molecule has 1 spiro atoms. The van der Waals surface area contributed by atoms with Crippen molar-refractivity contribution in [2.45, 2.75) is 24.7 Å². The molecule has 2 heterocycles. The zero-order valence-electron chi connectivity index (χ0n) is 11.3. The van der Waals surface area contributed by atoms with Crippen LogP contribution in [0.3, 0.4) is 0 Å². The number of aliphatic carboxylic acids is 1. The van der Waals surface area contributed by atoms with E-state index >= 15 is 0 Å². The number of carboxylic acid groups (broad SMARTS) is 1. The van der Waals surface area contributed by atoms with E-state index in [1.54, 1.807) is 0 Å². The maximum absolute atomic E-state index is 11.6. The summed E-state index contributed by atoms with van der Waals surface area (Å²) in [6.45, 7) is 2.62. The van der Waals surface area contributed by atoms with Crippen molar-refractivity contribution in [2.75, 3.05) is 26.3 Å². The van der Waals surface area contributed by atoms with Gasteiger partial charge in [0, 0.05) is 25.9 Å². The molecule has 2 fully saturated rings. The van der Waals surface area contributed by atoms with E-state index in [2.05, 4.69) is 0 Å². The highest BCUT2D eigenvalue weighted by Crippen LogP contribution is 2.34. The van der Waals surface area contributed by atoms with Crippen molar-refractivity contribution in [1.82, 2.24) is 4.90 Å². The van der Waals surface area contributed by atoms with Crippen LogP contribution >= 0.6 is 0 Å². The molecule has 3 rings (SSSR count). The summed E-state index contributed by atoms with van der Waals surface area (Å²) < 4.78 is 11.4.